The van der Waals surface area contributed by atoms with Crippen LogP contribution in [0.2, 0.25) is 6.32 Å². The smallest absolute Gasteiger partial charge is 0.455 e. The number of phenolic OH excluding ortho intramolecular Hbond substituents is 1. The first-order chi connectivity index (χ1) is 20.4. The topological polar surface area (TPSA) is 93.1 Å². The highest BCUT2D eigenvalue weighted by atomic mass is 16.5. The third kappa shape index (κ3) is 5.15. The summed E-state index contributed by atoms with van der Waals surface area (Å²) in [4.78, 5) is 27.5. The summed E-state index contributed by atoms with van der Waals surface area (Å²) in [6, 6.07) is 18.7. The monoisotopic (exact) mass is 564 g/mol. The van der Waals surface area contributed by atoms with Crippen molar-refractivity contribution in [1.82, 2.24) is 0 Å². The molecule has 42 heavy (non-hydrogen) atoms. The van der Waals surface area contributed by atoms with E-state index < -0.39 is 19.0 Å². The number of phenols is 1. The van der Waals surface area contributed by atoms with Gasteiger partial charge in [-0.15, -0.1) is 0 Å². The molecule has 2 N–H and O–H groups in total. The van der Waals surface area contributed by atoms with Crippen molar-refractivity contribution < 1.29 is 29.1 Å². The van der Waals surface area contributed by atoms with Crippen LogP contribution in [0.1, 0.15) is 65.3 Å². The van der Waals surface area contributed by atoms with Crippen LogP contribution in [0.4, 0.5) is 0 Å². The summed E-state index contributed by atoms with van der Waals surface area (Å²) in [5, 5.41) is 23.1. The molecule has 0 radical (unpaired) electrons. The minimum atomic E-state index is -1.01. The Morgan fingerprint density at radius 1 is 0.976 bits per heavy atom. The van der Waals surface area contributed by atoms with Crippen LogP contribution in [-0.4, -0.2) is 48.6 Å². The fourth-order valence-corrected chi connectivity index (χ4v) is 7.53. The highest BCUT2D eigenvalue weighted by Crippen LogP contribution is 2.51. The van der Waals surface area contributed by atoms with Crippen LogP contribution in [-0.2, 0) is 9.39 Å². The predicted molar refractivity (Wildman–Crippen MR) is 164 cm³/mol. The molecule has 3 aromatic rings. The Hall–Kier alpha value is -3.52. The zero-order chi connectivity index (χ0) is 29.4. The number of ether oxygens (including phenoxy) is 1. The van der Waals surface area contributed by atoms with Crippen molar-refractivity contribution in [2.45, 2.75) is 51.5 Å². The zero-order valence-electron chi connectivity index (χ0n) is 24.2. The molecule has 0 bridgehead atoms. The minimum Gasteiger partial charge on any atom is -0.507 e. The molecule has 1 fully saturated rings. The number of carbonyl (C=O) groups is 2. The first kappa shape index (κ1) is 28.6. The average molecular weight is 564 g/mol. The molecular formula is C35H37BO6. The number of methoxy groups -OCH3 is 1. The van der Waals surface area contributed by atoms with E-state index in [2.05, 4.69) is 13.0 Å². The highest BCUT2D eigenvalue weighted by molar-refractivity contribution is 6.43. The summed E-state index contributed by atoms with van der Waals surface area (Å²) in [7, 11) is 0.640. The SMILES string of the molecule is CCC/C(=C\c1ccc(O)c2ccccc12)CC[C@H]1OB(O)C[C@H]2C1=C(COC)C[C@H]1C(=O)c3ccccc3C(=O)[C@H]12. The van der Waals surface area contributed by atoms with Gasteiger partial charge in [0.2, 0.25) is 0 Å². The number of ketones is 2. The van der Waals surface area contributed by atoms with Gasteiger partial charge in [0, 0.05) is 35.5 Å². The lowest BCUT2D eigenvalue weighted by molar-refractivity contribution is 0.0584. The Kier molecular flexibility index (Phi) is 8.17. The number of Topliss-reactive ketones (excluding diaryl/α,β-unsaturated/α-hetero) is 2. The van der Waals surface area contributed by atoms with E-state index in [0.29, 0.717) is 36.9 Å². The molecule has 0 unspecified atom stereocenters. The first-order valence-electron chi connectivity index (χ1n) is 15.0. The summed E-state index contributed by atoms with van der Waals surface area (Å²) in [6.45, 7) is 2.52. The second-order valence-electron chi connectivity index (χ2n) is 11.8. The van der Waals surface area contributed by atoms with Gasteiger partial charge in [0.05, 0.1) is 12.7 Å². The molecule has 1 aliphatic heterocycles. The summed E-state index contributed by atoms with van der Waals surface area (Å²) in [5.74, 6) is -0.953. The molecule has 0 amide bonds. The van der Waals surface area contributed by atoms with Crippen molar-refractivity contribution in [3.63, 3.8) is 0 Å². The van der Waals surface area contributed by atoms with Crippen molar-refractivity contribution in [2.75, 3.05) is 13.7 Å². The third-order valence-electron chi connectivity index (χ3n) is 9.27. The summed E-state index contributed by atoms with van der Waals surface area (Å²) < 4.78 is 11.8. The van der Waals surface area contributed by atoms with Gasteiger partial charge < -0.3 is 19.5 Å². The number of carbonyl (C=O) groups excluding carboxylic acids is 2. The predicted octanol–water partition coefficient (Wildman–Crippen LogP) is 6.66. The summed E-state index contributed by atoms with van der Waals surface area (Å²) in [6.07, 6.45) is 5.89. The van der Waals surface area contributed by atoms with E-state index >= 15 is 0 Å². The van der Waals surface area contributed by atoms with E-state index in [1.54, 1.807) is 37.4 Å². The number of allylic oxidation sites excluding steroid dienone is 1. The fraction of sp³-hybridized carbons (Fsp3) is 0.371. The Bertz CT molecular complexity index is 1590. The Morgan fingerprint density at radius 3 is 2.43 bits per heavy atom. The van der Waals surface area contributed by atoms with E-state index in [4.69, 9.17) is 9.39 Å². The fourth-order valence-electron chi connectivity index (χ4n) is 7.53. The number of fused-ring (bicyclic) bond motifs is 5. The standard InChI is InChI=1S/C35H37BO6/c1-3-8-21(17-22-14-15-30(37)25-10-5-4-9-24(22)25)13-16-31-32-23(20-41-2)18-28-33(29(32)19-36(40)42-31)35(39)27-12-7-6-11-26(27)34(28)38/h4-7,9-12,14-15,17,28-29,31,33,37,40H,3,8,13,16,18-20H2,1-2H3/b21-17+/t28-,29+,31-,33-/m1/s1. The molecule has 6 nitrogen and oxygen atoms in total. The van der Waals surface area contributed by atoms with Crippen molar-refractivity contribution in [2.24, 2.45) is 17.8 Å². The molecule has 4 atom stereocenters. The summed E-state index contributed by atoms with van der Waals surface area (Å²) >= 11 is 0. The van der Waals surface area contributed by atoms with E-state index in [-0.39, 0.29) is 29.3 Å². The summed E-state index contributed by atoms with van der Waals surface area (Å²) in [5.41, 5.74) is 5.36. The lowest BCUT2D eigenvalue weighted by Crippen LogP contribution is -2.51. The second-order valence-corrected chi connectivity index (χ2v) is 11.8. The Morgan fingerprint density at radius 2 is 1.69 bits per heavy atom. The van der Waals surface area contributed by atoms with Crippen molar-refractivity contribution in [3.05, 3.63) is 94.1 Å². The Balaban J connectivity index is 1.33. The van der Waals surface area contributed by atoms with Crippen molar-refractivity contribution in [3.8, 4) is 5.75 Å². The maximum absolute atomic E-state index is 13.9. The molecular weight excluding hydrogens is 527 g/mol. The van der Waals surface area contributed by atoms with Crippen LogP contribution < -0.4 is 0 Å². The van der Waals surface area contributed by atoms with Crippen LogP contribution in [0, 0.1) is 17.8 Å². The number of hydrogen-bond acceptors (Lipinski definition) is 6. The molecule has 1 saturated heterocycles. The normalized spacial score (nSPS) is 24.1. The number of aromatic hydroxyl groups is 1. The van der Waals surface area contributed by atoms with E-state index in [1.165, 1.54) is 5.57 Å². The third-order valence-corrected chi connectivity index (χ3v) is 9.27. The molecule has 216 valence electrons. The van der Waals surface area contributed by atoms with Gasteiger partial charge in [0.1, 0.15) is 5.75 Å². The van der Waals surface area contributed by atoms with Gasteiger partial charge in [-0.05, 0) is 66.1 Å². The first-order valence-corrected chi connectivity index (χ1v) is 15.0. The lowest BCUT2D eigenvalue weighted by atomic mass is 9.54. The van der Waals surface area contributed by atoms with Crippen LogP contribution in [0.5, 0.6) is 5.75 Å². The quantitative estimate of drug-likeness (QED) is 0.235. The van der Waals surface area contributed by atoms with Gasteiger partial charge in [-0.2, -0.15) is 0 Å². The van der Waals surface area contributed by atoms with E-state index in [9.17, 15) is 19.7 Å². The van der Waals surface area contributed by atoms with Gasteiger partial charge in [-0.3, -0.25) is 9.59 Å². The van der Waals surface area contributed by atoms with Crippen LogP contribution >= 0.6 is 0 Å². The van der Waals surface area contributed by atoms with E-state index in [0.717, 1.165) is 46.7 Å². The number of benzene rings is 3. The number of hydrogen-bond donors (Lipinski definition) is 2. The zero-order valence-corrected chi connectivity index (χ0v) is 24.2. The second kappa shape index (κ2) is 12.0. The molecule has 0 saturated carbocycles. The maximum atomic E-state index is 13.9. The molecule has 7 heteroatoms. The molecule has 0 spiro atoms. The van der Waals surface area contributed by atoms with Crippen molar-refractivity contribution in [1.29, 1.82) is 0 Å². The van der Waals surface area contributed by atoms with Gasteiger partial charge in [-0.1, -0.05) is 79.6 Å². The molecule has 1 heterocycles. The van der Waals surface area contributed by atoms with Crippen molar-refractivity contribution >= 4 is 35.5 Å². The van der Waals surface area contributed by atoms with Crippen LogP contribution in [0.3, 0.4) is 0 Å². The maximum Gasteiger partial charge on any atom is 0.455 e. The molecule has 2 aliphatic carbocycles. The van der Waals surface area contributed by atoms with E-state index in [1.807, 2.05) is 30.3 Å². The lowest BCUT2D eigenvalue weighted by Gasteiger charge is -2.47. The average Bonchev–Trinajstić information content (AvgIpc) is 3.00. The molecule has 3 aliphatic rings. The van der Waals surface area contributed by atoms with Gasteiger partial charge in [0.25, 0.3) is 0 Å². The number of rotatable bonds is 8. The van der Waals surface area contributed by atoms with Gasteiger partial charge in [-0.25, -0.2) is 0 Å². The van der Waals surface area contributed by atoms with Crippen LogP contribution in [0.25, 0.3) is 16.8 Å². The van der Waals surface area contributed by atoms with Crippen LogP contribution in [0.15, 0.2) is 77.4 Å². The minimum absolute atomic E-state index is 0.00667. The van der Waals surface area contributed by atoms with Gasteiger partial charge >= 0.3 is 7.12 Å². The highest BCUT2D eigenvalue weighted by Gasteiger charge is 2.53. The largest absolute Gasteiger partial charge is 0.507 e. The molecule has 3 aromatic carbocycles. The Labute approximate surface area is 247 Å². The molecule has 6 rings (SSSR count). The van der Waals surface area contributed by atoms with Gasteiger partial charge in [0.15, 0.2) is 11.6 Å². The molecule has 0 aromatic heterocycles.